The van der Waals surface area contributed by atoms with Gasteiger partial charge in [-0.05, 0) is 24.3 Å². The highest BCUT2D eigenvalue weighted by Crippen LogP contribution is 2.25. The van der Waals surface area contributed by atoms with Crippen LogP contribution in [0.1, 0.15) is 46.4 Å². The van der Waals surface area contributed by atoms with E-state index < -0.39 is 59.5 Å². The highest BCUT2D eigenvalue weighted by atomic mass is 33.1. The molecule has 0 aliphatic carbocycles. The molecule has 4 rings (SSSR count). The first-order valence-electron chi connectivity index (χ1n) is 13.3. The second-order valence-electron chi connectivity index (χ2n) is 9.34. The molecule has 2 N–H and O–H groups in total. The second-order valence-corrected chi connectivity index (χ2v) is 11.9. The lowest BCUT2D eigenvalue weighted by atomic mass is 10.2. The summed E-state index contributed by atoms with van der Waals surface area (Å²) in [5.74, 6) is -6.41. The molecule has 2 aliphatic heterocycles. The summed E-state index contributed by atoms with van der Waals surface area (Å²) >= 11 is 0. The molecule has 2 atom stereocenters. The van der Waals surface area contributed by atoms with E-state index in [-0.39, 0.29) is 48.3 Å². The summed E-state index contributed by atoms with van der Waals surface area (Å²) in [5.41, 5.74) is 0.488. The van der Waals surface area contributed by atoms with Crippen LogP contribution in [-0.2, 0) is 38.4 Å². The van der Waals surface area contributed by atoms with Crippen molar-refractivity contribution in [2.75, 3.05) is 11.5 Å². The maximum Gasteiger partial charge on any atom is 0.356 e. The minimum Gasteiger partial charge on any atom is -0.338 e. The number of amides is 6. The topological polar surface area (TPSA) is 186 Å². The Balaban J connectivity index is 1.42. The number of benzene rings is 2. The molecule has 2 saturated heterocycles. The van der Waals surface area contributed by atoms with E-state index in [1.54, 1.807) is 36.4 Å². The lowest BCUT2D eigenvalue weighted by molar-refractivity contribution is -0.198. The van der Waals surface area contributed by atoms with Crippen molar-refractivity contribution in [3.05, 3.63) is 71.8 Å². The van der Waals surface area contributed by atoms with Gasteiger partial charge in [0.05, 0.1) is 0 Å². The van der Waals surface area contributed by atoms with E-state index in [0.29, 0.717) is 10.1 Å². The zero-order valence-electron chi connectivity index (χ0n) is 23.0. The highest BCUT2D eigenvalue weighted by molar-refractivity contribution is 8.76. The Morgan fingerprint density at radius 3 is 1.23 bits per heavy atom. The van der Waals surface area contributed by atoms with Gasteiger partial charge in [0.15, 0.2) is 0 Å². The van der Waals surface area contributed by atoms with Crippen molar-refractivity contribution in [3.8, 4) is 0 Å². The normalized spacial score (nSPS) is 16.0. The van der Waals surface area contributed by atoms with E-state index in [9.17, 15) is 38.4 Å². The lowest BCUT2D eigenvalue weighted by Crippen LogP contribution is -2.47. The number of imide groups is 2. The molecular weight excluding hydrogens is 616 g/mol. The molecule has 2 aliphatic rings. The molecule has 2 fully saturated rings. The zero-order valence-corrected chi connectivity index (χ0v) is 24.6. The minimum absolute atomic E-state index is 0.113. The predicted octanol–water partition coefficient (Wildman–Crippen LogP) is 1.18. The summed E-state index contributed by atoms with van der Waals surface area (Å²) < 4.78 is 0. The Hall–Kier alpha value is -4.70. The van der Waals surface area contributed by atoms with Crippen molar-refractivity contribution in [1.82, 2.24) is 20.8 Å². The fourth-order valence-corrected chi connectivity index (χ4v) is 6.15. The van der Waals surface area contributed by atoms with Gasteiger partial charge in [0, 0.05) is 48.3 Å². The molecule has 44 heavy (non-hydrogen) atoms. The van der Waals surface area contributed by atoms with Crippen LogP contribution in [0.3, 0.4) is 0 Å². The van der Waals surface area contributed by atoms with E-state index in [0.717, 1.165) is 21.6 Å². The molecule has 0 aromatic heterocycles. The zero-order chi connectivity index (χ0) is 31.6. The van der Waals surface area contributed by atoms with Gasteiger partial charge in [-0.3, -0.25) is 28.8 Å². The Morgan fingerprint density at radius 2 is 0.909 bits per heavy atom. The van der Waals surface area contributed by atoms with Crippen LogP contribution >= 0.6 is 21.6 Å². The van der Waals surface area contributed by atoms with Crippen molar-refractivity contribution < 1.29 is 48.0 Å². The number of hydrogen-bond donors (Lipinski definition) is 2. The molecule has 6 amide bonds. The Bertz CT molecular complexity index is 1320. The summed E-state index contributed by atoms with van der Waals surface area (Å²) in [4.78, 5) is 109. The van der Waals surface area contributed by atoms with Gasteiger partial charge in [0.1, 0.15) is 12.1 Å². The number of nitrogens with zero attached hydrogens (tertiary/aromatic N) is 2. The van der Waals surface area contributed by atoms with Crippen LogP contribution in [0.25, 0.3) is 0 Å². The summed E-state index contributed by atoms with van der Waals surface area (Å²) in [7, 11) is 2.01. The van der Waals surface area contributed by atoms with E-state index in [4.69, 9.17) is 9.68 Å². The average Bonchev–Trinajstić information content (AvgIpc) is 3.52. The molecule has 2 aromatic carbocycles. The van der Waals surface area contributed by atoms with Crippen LogP contribution < -0.4 is 10.6 Å². The molecular formula is C28H26N4O10S2. The van der Waals surface area contributed by atoms with Crippen LogP contribution in [0.5, 0.6) is 0 Å². The van der Waals surface area contributed by atoms with Gasteiger partial charge in [-0.1, -0.05) is 58.0 Å². The second kappa shape index (κ2) is 15.2. The fourth-order valence-electron chi connectivity index (χ4n) is 3.85. The summed E-state index contributed by atoms with van der Waals surface area (Å²) in [6, 6.07) is 13.3. The van der Waals surface area contributed by atoms with E-state index in [2.05, 4.69) is 10.6 Å². The van der Waals surface area contributed by atoms with Gasteiger partial charge in [-0.2, -0.15) is 0 Å². The maximum atomic E-state index is 12.9. The van der Waals surface area contributed by atoms with E-state index >= 15 is 0 Å². The molecule has 0 saturated carbocycles. The maximum absolute atomic E-state index is 12.9. The standard InChI is InChI=1S/C28H26N4O10S2/c33-21-11-12-22(34)31(21)41-27(39)19(29-25(37)17-7-3-1-4-8-17)15-43-44-16-20(30-26(38)18-9-5-2-6-10-18)28(40)42-32-23(35)13-14-24(32)36/h1-10,19-20H,11-16H2,(H,29,37)(H,30,38)/t19-,20-/m0/s1. The van der Waals surface area contributed by atoms with Crippen molar-refractivity contribution in [2.45, 2.75) is 37.8 Å². The molecule has 0 spiro atoms. The highest BCUT2D eigenvalue weighted by Gasteiger charge is 2.37. The third-order valence-electron chi connectivity index (χ3n) is 6.18. The molecule has 2 heterocycles. The summed E-state index contributed by atoms with van der Waals surface area (Å²) in [5, 5.41) is 5.78. The monoisotopic (exact) mass is 642 g/mol. The van der Waals surface area contributed by atoms with Gasteiger partial charge in [0.25, 0.3) is 35.4 Å². The largest absolute Gasteiger partial charge is 0.356 e. The van der Waals surface area contributed by atoms with Crippen LogP contribution in [-0.4, -0.2) is 81.1 Å². The third-order valence-corrected chi connectivity index (χ3v) is 8.60. The number of hydrogen-bond acceptors (Lipinski definition) is 12. The van der Waals surface area contributed by atoms with Crippen LogP contribution in [0.15, 0.2) is 60.7 Å². The Morgan fingerprint density at radius 1 is 0.591 bits per heavy atom. The average molecular weight is 643 g/mol. The first-order chi connectivity index (χ1) is 21.1. The molecule has 2 aromatic rings. The van der Waals surface area contributed by atoms with Crippen LogP contribution in [0.2, 0.25) is 0 Å². The van der Waals surface area contributed by atoms with Gasteiger partial charge >= 0.3 is 11.9 Å². The molecule has 0 bridgehead atoms. The van der Waals surface area contributed by atoms with Crippen molar-refractivity contribution in [1.29, 1.82) is 0 Å². The predicted molar refractivity (Wildman–Crippen MR) is 155 cm³/mol. The van der Waals surface area contributed by atoms with Crippen LogP contribution in [0, 0.1) is 0 Å². The van der Waals surface area contributed by atoms with Gasteiger partial charge in [0.2, 0.25) is 0 Å². The van der Waals surface area contributed by atoms with Gasteiger partial charge in [-0.25, -0.2) is 9.59 Å². The quantitative estimate of drug-likeness (QED) is 0.181. The van der Waals surface area contributed by atoms with E-state index in [1.807, 2.05) is 0 Å². The SMILES string of the molecule is O=C(N[C@@H](CSSC[C@H](NC(=O)c1ccccc1)C(=O)ON1C(=O)CCC1=O)C(=O)ON1C(=O)CCC1=O)c1ccccc1. The first-order valence-corrected chi connectivity index (χ1v) is 15.7. The smallest absolute Gasteiger partial charge is 0.338 e. The van der Waals surface area contributed by atoms with Crippen molar-refractivity contribution in [2.24, 2.45) is 0 Å². The van der Waals surface area contributed by atoms with Gasteiger partial charge in [-0.15, -0.1) is 10.1 Å². The molecule has 0 radical (unpaired) electrons. The summed E-state index contributed by atoms with van der Waals surface area (Å²) in [6.45, 7) is 0. The van der Waals surface area contributed by atoms with Gasteiger partial charge < -0.3 is 20.3 Å². The number of nitrogens with one attached hydrogen (secondary N) is 2. The number of rotatable bonds is 13. The summed E-state index contributed by atoms with van der Waals surface area (Å²) in [6.07, 6.45) is -0.450. The number of hydroxylamine groups is 4. The van der Waals surface area contributed by atoms with E-state index in [1.165, 1.54) is 24.3 Å². The van der Waals surface area contributed by atoms with Crippen molar-refractivity contribution >= 4 is 69.0 Å². The molecule has 230 valence electrons. The molecule has 14 nitrogen and oxygen atoms in total. The van der Waals surface area contributed by atoms with Crippen molar-refractivity contribution in [3.63, 3.8) is 0 Å². The number of carbonyl (C=O) groups is 8. The van der Waals surface area contributed by atoms with Crippen LogP contribution in [0.4, 0.5) is 0 Å². The molecule has 0 unspecified atom stereocenters. The Labute approximate surface area is 258 Å². The molecule has 16 heteroatoms. The lowest BCUT2D eigenvalue weighted by Gasteiger charge is -2.21. The fraction of sp³-hybridized carbons (Fsp3) is 0.286. The number of carbonyl (C=O) groups excluding carboxylic acids is 8. The Kier molecular flexibility index (Phi) is 11.1. The third kappa shape index (κ3) is 8.44. The first kappa shape index (κ1) is 32.2. The minimum atomic E-state index is -1.33.